The lowest BCUT2D eigenvalue weighted by Gasteiger charge is -2.07. The molecule has 0 saturated heterocycles. The summed E-state index contributed by atoms with van der Waals surface area (Å²) in [4.78, 5) is 23.2. The van der Waals surface area contributed by atoms with Crippen molar-refractivity contribution in [1.82, 2.24) is 0 Å². The maximum absolute atomic E-state index is 13.7. The Hall–Kier alpha value is -2.66. The smallest absolute Gasteiger partial charge is 0.336 e. The predicted molar refractivity (Wildman–Crippen MR) is 81.8 cm³/mol. The van der Waals surface area contributed by atoms with Crippen molar-refractivity contribution in [3.8, 4) is 0 Å². The van der Waals surface area contributed by atoms with Crippen LogP contribution >= 0.6 is 11.6 Å². The van der Waals surface area contributed by atoms with Gasteiger partial charge in [0.1, 0.15) is 11.4 Å². The van der Waals surface area contributed by atoms with Gasteiger partial charge in [0.15, 0.2) is 0 Å². The average molecular weight is 318 g/mol. The van der Waals surface area contributed by atoms with E-state index in [0.717, 1.165) is 6.07 Å². The van der Waals surface area contributed by atoms with Crippen molar-refractivity contribution in [2.45, 2.75) is 0 Å². The summed E-state index contributed by atoms with van der Waals surface area (Å²) in [5, 5.41) is 3.49. The number of hydrogen-bond donors (Lipinski definition) is 1. The molecule has 0 radical (unpaired) electrons. The normalized spacial score (nSPS) is 10.6. The Labute approximate surface area is 129 Å². The maximum atomic E-state index is 13.7. The first-order valence-electron chi connectivity index (χ1n) is 6.33. The molecule has 1 aromatic heterocycles. The van der Waals surface area contributed by atoms with Crippen LogP contribution < -0.4 is 10.9 Å². The standard InChI is InChI=1S/C16H9ClFNO3/c17-10-2-4-13(18)12(8-10)16(21)19-11-3-5-14-9(7-11)1-6-15(20)22-14/h1-8H,(H,19,21). The Morgan fingerprint density at radius 1 is 1.09 bits per heavy atom. The van der Waals surface area contributed by atoms with Crippen LogP contribution in [0.2, 0.25) is 5.02 Å². The summed E-state index contributed by atoms with van der Waals surface area (Å²) >= 11 is 5.77. The summed E-state index contributed by atoms with van der Waals surface area (Å²) < 4.78 is 18.6. The number of anilines is 1. The van der Waals surface area contributed by atoms with Gasteiger partial charge in [-0.05, 0) is 42.5 Å². The molecule has 0 unspecified atom stereocenters. The van der Waals surface area contributed by atoms with Crippen LogP contribution in [-0.2, 0) is 0 Å². The highest BCUT2D eigenvalue weighted by Gasteiger charge is 2.13. The lowest BCUT2D eigenvalue weighted by molar-refractivity contribution is 0.102. The van der Waals surface area contributed by atoms with Crippen LogP contribution in [0.15, 0.2) is 57.7 Å². The molecule has 0 aliphatic heterocycles. The molecule has 0 saturated carbocycles. The number of rotatable bonds is 2. The third-order valence-electron chi connectivity index (χ3n) is 3.05. The molecular formula is C16H9ClFNO3. The van der Waals surface area contributed by atoms with Crippen molar-refractivity contribution in [3.63, 3.8) is 0 Å². The number of benzene rings is 2. The maximum Gasteiger partial charge on any atom is 0.336 e. The molecule has 110 valence electrons. The highest BCUT2D eigenvalue weighted by atomic mass is 35.5. The van der Waals surface area contributed by atoms with Crippen LogP contribution in [0.25, 0.3) is 11.0 Å². The molecule has 2 aromatic carbocycles. The van der Waals surface area contributed by atoms with E-state index in [1.54, 1.807) is 24.3 Å². The van der Waals surface area contributed by atoms with E-state index in [9.17, 15) is 14.0 Å². The van der Waals surface area contributed by atoms with Gasteiger partial charge in [-0.15, -0.1) is 0 Å². The van der Waals surface area contributed by atoms with Gasteiger partial charge in [-0.1, -0.05) is 11.6 Å². The topological polar surface area (TPSA) is 59.3 Å². The van der Waals surface area contributed by atoms with Crippen molar-refractivity contribution < 1.29 is 13.6 Å². The van der Waals surface area contributed by atoms with Gasteiger partial charge >= 0.3 is 5.63 Å². The third-order valence-corrected chi connectivity index (χ3v) is 3.29. The summed E-state index contributed by atoms with van der Waals surface area (Å²) in [6.45, 7) is 0. The van der Waals surface area contributed by atoms with Crippen LogP contribution in [0, 0.1) is 5.82 Å². The Balaban J connectivity index is 1.92. The second-order valence-corrected chi connectivity index (χ2v) is 5.02. The molecule has 0 aliphatic rings. The van der Waals surface area contributed by atoms with Gasteiger partial charge in [0.25, 0.3) is 5.91 Å². The van der Waals surface area contributed by atoms with E-state index in [4.69, 9.17) is 16.0 Å². The van der Waals surface area contributed by atoms with Gasteiger partial charge in [0.2, 0.25) is 0 Å². The van der Waals surface area contributed by atoms with Crippen molar-refractivity contribution in [2.24, 2.45) is 0 Å². The quantitative estimate of drug-likeness (QED) is 0.731. The van der Waals surface area contributed by atoms with E-state index in [1.807, 2.05) is 0 Å². The number of nitrogens with one attached hydrogen (secondary N) is 1. The summed E-state index contributed by atoms with van der Waals surface area (Å²) in [7, 11) is 0. The van der Waals surface area contributed by atoms with Gasteiger partial charge < -0.3 is 9.73 Å². The third kappa shape index (κ3) is 2.84. The summed E-state index contributed by atoms with van der Waals surface area (Å²) in [6.07, 6.45) is 0. The van der Waals surface area contributed by atoms with Gasteiger partial charge in [0.05, 0.1) is 5.56 Å². The van der Waals surface area contributed by atoms with E-state index in [0.29, 0.717) is 16.7 Å². The number of carbonyl (C=O) groups is 1. The highest BCUT2D eigenvalue weighted by molar-refractivity contribution is 6.31. The van der Waals surface area contributed by atoms with Gasteiger partial charge in [-0.3, -0.25) is 4.79 Å². The fourth-order valence-electron chi connectivity index (χ4n) is 2.02. The summed E-state index contributed by atoms with van der Waals surface area (Å²) in [5.41, 5.74) is 0.252. The Morgan fingerprint density at radius 2 is 1.91 bits per heavy atom. The van der Waals surface area contributed by atoms with Crippen molar-refractivity contribution in [3.05, 3.63) is 75.4 Å². The van der Waals surface area contributed by atoms with Gasteiger partial charge in [-0.25, -0.2) is 9.18 Å². The number of carbonyl (C=O) groups excluding carboxylic acids is 1. The first-order valence-corrected chi connectivity index (χ1v) is 6.71. The second-order valence-electron chi connectivity index (χ2n) is 4.59. The van der Waals surface area contributed by atoms with Crippen LogP contribution in [0.1, 0.15) is 10.4 Å². The lowest BCUT2D eigenvalue weighted by Crippen LogP contribution is -2.13. The number of halogens is 2. The first kappa shape index (κ1) is 14.3. The SMILES string of the molecule is O=C(Nc1ccc2oc(=O)ccc2c1)c1cc(Cl)ccc1F. The minimum atomic E-state index is -0.659. The van der Waals surface area contributed by atoms with Crippen LogP contribution in [0.5, 0.6) is 0 Å². The summed E-state index contributed by atoms with van der Waals surface area (Å²) in [6, 6.07) is 11.4. The number of fused-ring (bicyclic) bond motifs is 1. The van der Waals surface area contributed by atoms with Crippen molar-refractivity contribution in [2.75, 3.05) is 5.32 Å². The van der Waals surface area contributed by atoms with Crippen molar-refractivity contribution >= 4 is 34.2 Å². The Morgan fingerprint density at radius 3 is 2.73 bits per heavy atom. The Kier molecular flexibility index (Phi) is 3.65. The molecule has 0 atom stereocenters. The summed E-state index contributed by atoms with van der Waals surface area (Å²) in [5.74, 6) is -1.27. The molecule has 3 rings (SSSR count). The largest absolute Gasteiger partial charge is 0.423 e. The van der Waals surface area contributed by atoms with E-state index in [-0.39, 0.29) is 10.6 Å². The van der Waals surface area contributed by atoms with E-state index in [1.165, 1.54) is 18.2 Å². The van der Waals surface area contributed by atoms with Gasteiger partial charge in [-0.2, -0.15) is 0 Å². The zero-order chi connectivity index (χ0) is 15.7. The minimum Gasteiger partial charge on any atom is -0.423 e. The molecule has 6 heteroatoms. The average Bonchev–Trinajstić information content (AvgIpc) is 2.49. The van der Waals surface area contributed by atoms with Crippen molar-refractivity contribution in [1.29, 1.82) is 0 Å². The van der Waals surface area contributed by atoms with Crippen LogP contribution in [0.4, 0.5) is 10.1 Å². The van der Waals surface area contributed by atoms with E-state index in [2.05, 4.69) is 5.32 Å². The molecule has 0 aliphatic carbocycles. The lowest BCUT2D eigenvalue weighted by atomic mass is 10.1. The molecular weight excluding hydrogens is 309 g/mol. The number of amides is 1. The zero-order valence-corrected chi connectivity index (χ0v) is 11.9. The van der Waals surface area contributed by atoms with Crippen LogP contribution in [0.3, 0.4) is 0 Å². The van der Waals surface area contributed by atoms with E-state index < -0.39 is 17.3 Å². The van der Waals surface area contributed by atoms with E-state index >= 15 is 0 Å². The molecule has 3 aromatic rings. The predicted octanol–water partition coefficient (Wildman–Crippen LogP) is 3.84. The van der Waals surface area contributed by atoms with Crippen LogP contribution in [-0.4, -0.2) is 5.91 Å². The minimum absolute atomic E-state index is 0.146. The second kappa shape index (κ2) is 5.61. The molecule has 1 amide bonds. The monoisotopic (exact) mass is 317 g/mol. The molecule has 1 N–H and O–H groups in total. The fraction of sp³-hybridized carbons (Fsp3) is 0. The fourth-order valence-corrected chi connectivity index (χ4v) is 2.19. The Bertz CT molecular complexity index is 936. The molecule has 4 nitrogen and oxygen atoms in total. The molecule has 22 heavy (non-hydrogen) atoms. The molecule has 0 spiro atoms. The van der Waals surface area contributed by atoms with Gasteiger partial charge in [0, 0.05) is 22.2 Å². The number of hydrogen-bond acceptors (Lipinski definition) is 3. The first-order chi connectivity index (χ1) is 10.5. The highest BCUT2D eigenvalue weighted by Crippen LogP contribution is 2.20. The molecule has 0 fully saturated rings. The molecule has 0 bridgehead atoms. The molecule has 1 heterocycles. The zero-order valence-electron chi connectivity index (χ0n) is 11.1.